The van der Waals surface area contributed by atoms with Crippen molar-refractivity contribution >= 4 is 6.09 Å². The summed E-state index contributed by atoms with van der Waals surface area (Å²) >= 11 is 0. The first-order valence-corrected chi connectivity index (χ1v) is 7.47. The number of alkyl carbamates (subject to hydrolysis) is 1. The molecule has 0 radical (unpaired) electrons. The Labute approximate surface area is 132 Å². The molecule has 0 aromatic heterocycles. The fourth-order valence-corrected chi connectivity index (χ4v) is 2.32. The lowest BCUT2D eigenvalue weighted by Crippen LogP contribution is -2.35. The first-order valence-electron chi connectivity index (χ1n) is 7.47. The van der Waals surface area contributed by atoms with Crippen LogP contribution in [0.4, 0.5) is 4.79 Å². The zero-order chi connectivity index (χ0) is 16.2. The molecule has 0 saturated carbocycles. The third kappa shape index (κ3) is 4.35. The van der Waals surface area contributed by atoms with Crippen molar-refractivity contribution in [2.24, 2.45) is 0 Å². The van der Waals surface area contributed by atoms with Gasteiger partial charge < -0.3 is 10.1 Å². The first-order chi connectivity index (χ1) is 10.4. The highest BCUT2D eigenvalue weighted by atomic mass is 16.6. The summed E-state index contributed by atoms with van der Waals surface area (Å²) in [6, 6.07) is 17.7. The van der Waals surface area contributed by atoms with Crippen molar-refractivity contribution in [1.82, 2.24) is 5.32 Å². The molecule has 0 heterocycles. The standard InChI is InChI=1S/C19H23NO2/c1-14-10-8-9-13-16(14)17(15-11-6-5-7-12-15)20-18(21)22-19(2,3)4/h5-13,17H,1-4H3,(H,20,21)/t17-/m0/s1. The van der Waals surface area contributed by atoms with Gasteiger partial charge in [0.15, 0.2) is 0 Å². The van der Waals surface area contributed by atoms with Crippen molar-refractivity contribution in [3.63, 3.8) is 0 Å². The predicted octanol–water partition coefficient (Wildman–Crippen LogP) is 4.61. The lowest BCUT2D eigenvalue weighted by atomic mass is 9.95. The van der Waals surface area contributed by atoms with E-state index >= 15 is 0 Å². The van der Waals surface area contributed by atoms with E-state index in [4.69, 9.17) is 4.74 Å². The minimum absolute atomic E-state index is 0.225. The number of nitrogens with one attached hydrogen (secondary N) is 1. The van der Waals surface area contributed by atoms with Crippen LogP contribution in [0.3, 0.4) is 0 Å². The number of rotatable bonds is 3. The van der Waals surface area contributed by atoms with Crippen LogP contribution < -0.4 is 5.32 Å². The highest BCUT2D eigenvalue weighted by Gasteiger charge is 2.22. The molecule has 0 aliphatic heterocycles. The number of carbonyl (C=O) groups excluding carboxylic acids is 1. The SMILES string of the molecule is Cc1ccccc1[C@@H](NC(=O)OC(C)(C)C)c1ccccc1. The van der Waals surface area contributed by atoms with Crippen LogP contribution in [-0.4, -0.2) is 11.7 Å². The largest absolute Gasteiger partial charge is 0.444 e. The lowest BCUT2D eigenvalue weighted by Gasteiger charge is -2.25. The minimum atomic E-state index is -0.517. The Hall–Kier alpha value is -2.29. The Bertz CT molecular complexity index is 629. The normalized spacial score (nSPS) is 12.5. The second-order valence-electron chi connectivity index (χ2n) is 6.35. The number of benzene rings is 2. The van der Waals surface area contributed by atoms with E-state index in [1.165, 1.54) is 0 Å². The Kier molecular flexibility index (Phi) is 4.86. The molecule has 1 amide bonds. The topological polar surface area (TPSA) is 38.3 Å². The third-order valence-corrected chi connectivity index (χ3v) is 3.29. The molecule has 2 aromatic carbocycles. The van der Waals surface area contributed by atoms with Crippen molar-refractivity contribution < 1.29 is 9.53 Å². The van der Waals surface area contributed by atoms with Crippen LogP contribution in [0.1, 0.15) is 43.5 Å². The quantitative estimate of drug-likeness (QED) is 0.898. The molecule has 0 aliphatic carbocycles. The Morgan fingerprint density at radius 2 is 1.59 bits per heavy atom. The fourth-order valence-electron chi connectivity index (χ4n) is 2.32. The van der Waals surface area contributed by atoms with E-state index in [0.29, 0.717) is 0 Å². The van der Waals surface area contributed by atoms with E-state index in [1.807, 2.05) is 82.3 Å². The van der Waals surface area contributed by atoms with Gasteiger partial charge in [-0.15, -0.1) is 0 Å². The molecule has 0 unspecified atom stereocenters. The van der Waals surface area contributed by atoms with Gasteiger partial charge >= 0.3 is 6.09 Å². The highest BCUT2D eigenvalue weighted by Crippen LogP contribution is 2.25. The summed E-state index contributed by atoms with van der Waals surface area (Å²) in [5.41, 5.74) is 2.71. The van der Waals surface area contributed by atoms with Gasteiger partial charge in [-0.25, -0.2) is 4.79 Å². The van der Waals surface area contributed by atoms with Crippen LogP contribution in [0.25, 0.3) is 0 Å². The van der Waals surface area contributed by atoms with Gasteiger partial charge in [0.05, 0.1) is 6.04 Å². The van der Waals surface area contributed by atoms with Gasteiger partial charge in [-0.1, -0.05) is 54.6 Å². The van der Waals surface area contributed by atoms with Crippen molar-refractivity contribution in [3.05, 3.63) is 71.3 Å². The lowest BCUT2D eigenvalue weighted by molar-refractivity contribution is 0.0512. The summed E-state index contributed by atoms with van der Waals surface area (Å²) < 4.78 is 5.40. The van der Waals surface area contributed by atoms with Crippen LogP contribution in [0.5, 0.6) is 0 Å². The molecule has 3 nitrogen and oxygen atoms in total. The fraction of sp³-hybridized carbons (Fsp3) is 0.316. The van der Waals surface area contributed by atoms with Gasteiger partial charge in [-0.3, -0.25) is 0 Å². The molecular weight excluding hydrogens is 274 g/mol. The average molecular weight is 297 g/mol. The summed E-state index contributed by atoms with van der Waals surface area (Å²) in [5, 5.41) is 2.99. The number of aryl methyl sites for hydroxylation is 1. The number of amides is 1. The summed E-state index contributed by atoms with van der Waals surface area (Å²) in [5.74, 6) is 0. The Morgan fingerprint density at radius 3 is 2.18 bits per heavy atom. The van der Waals surface area contributed by atoms with Crippen molar-refractivity contribution in [1.29, 1.82) is 0 Å². The van der Waals surface area contributed by atoms with Gasteiger partial charge in [-0.2, -0.15) is 0 Å². The molecule has 3 heteroatoms. The van der Waals surface area contributed by atoms with Crippen LogP contribution >= 0.6 is 0 Å². The van der Waals surface area contributed by atoms with Crippen molar-refractivity contribution in [2.75, 3.05) is 0 Å². The maximum atomic E-state index is 12.2. The second-order valence-corrected chi connectivity index (χ2v) is 6.35. The van der Waals surface area contributed by atoms with E-state index in [1.54, 1.807) is 0 Å². The number of hydrogen-bond acceptors (Lipinski definition) is 2. The van der Waals surface area contributed by atoms with Crippen LogP contribution in [0.2, 0.25) is 0 Å². The van der Waals surface area contributed by atoms with E-state index in [9.17, 15) is 4.79 Å². The Balaban J connectivity index is 2.31. The number of hydrogen-bond donors (Lipinski definition) is 1. The smallest absolute Gasteiger partial charge is 0.408 e. The van der Waals surface area contributed by atoms with Crippen LogP contribution in [-0.2, 0) is 4.74 Å². The van der Waals surface area contributed by atoms with Gasteiger partial charge in [0.1, 0.15) is 5.60 Å². The zero-order valence-electron chi connectivity index (χ0n) is 13.6. The second kappa shape index (κ2) is 6.65. The number of carbonyl (C=O) groups is 1. The molecule has 0 aliphatic rings. The van der Waals surface area contributed by atoms with Crippen LogP contribution in [0, 0.1) is 6.92 Å². The summed E-state index contributed by atoms with van der Waals surface area (Å²) in [4.78, 5) is 12.2. The van der Waals surface area contributed by atoms with Gasteiger partial charge in [0, 0.05) is 0 Å². The van der Waals surface area contributed by atoms with Crippen molar-refractivity contribution in [2.45, 2.75) is 39.3 Å². The molecule has 0 spiro atoms. The molecular formula is C19H23NO2. The molecule has 0 fully saturated rings. The van der Waals surface area contributed by atoms with Gasteiger partial charge in [-0.05, 0) is 44.4 Å². The van der Waals surface area contributed by atoms with E-state index in [-0.39, 0.29) is 6.04 Å². The number of ether oxygens (including phenoxy) is 1. The van der Waals surface area contributed by atoms with E-state index < -0.39 is 11.7 Å². The summed E-state index contributed by atoms with van der Waals surface area (Å²) in [6.45, 7) is 7.62. The van der Waals surface area contributed by atoms with Crippen molar-refractivity contribution in [3.8, 4) is 0 Å². The molecule has 116 valence electrons. The average Bonchev–Trinajstić information content (AvgIpc) is 2.45. The van der Waals surface area contributed by atoms with Gasteiger partial charge in [0.2, 0.25) is 0 Å². The first kappa shape index (κ1) is 16.1. The molecule has 22 heavy (non-hydrogen) atoms. The molecule has 2 rings (SSSR count). The molecule has 0 bridgehead atoms. The zero-order valence-corrected chi connectivity index (χ0v) is 13.6. The molecule has 0 saturated heterocycles. The maximum Gasteiger partial charge on any atom is 0.408 e. The Morgan fingerprint density at radius 1 is 1.00 bits per heavy atom. The van der Waals surface area contributed by atoms with Crippen LogP contribution in [0.15, 0.2) is 54.6 Å². The van der Waals surface area contributed by atoms with Gasteiger partial charge in [0.25, 0.3) is 0 Å². The monoisotopic (exact) mass is 297 g/mol. The summed E-state index contributed by atoms with van der Waals surface area (Å²) in [6.07, 6.45) is -0.412. The molecule has 1 N–H and O–H groups in total. The highest BCUT2D eigenvalue weighted by molar-refractivity contribution is 5.69. The molecule has 1 atom stereocenters. The third-order valence-electron chi connectivity index (χ3n) is 3.29. The summed E-state index contributed by atoms with van der Waals surface area (Å²) in [7, 11) is 0. The predicted molar refractivity (Wildman–Crippen MR) is 88.8 cm³/mol. The van der Waals surface area contributed by atoms with E-state index in [2.05, 4.69) is 5.32 Å². The van der Waals surface area contributed by atoms with E-state index in [0.717, 1.165) is 16.7 Å². The minimum Gasteiger partial charge on any atom is -0.444 e. The maximum absolute atomic E-state index is 12.2. The molecule has 2 aromatic rings.